The average Bonchev–Trinajstić information content (AvgIpc) is 3.30. The maximum Gasteiger partial charge on any atom is 0.223 e. The maximum absolute atomic E-state index is 12.2. The first-order valence-electron chi connectivity index (χ1n) is 8.80. The van der Waals surface area contributed by atoms with Crippen LogP contribution in [0.5, 0.6) is 0 Å². The van der Waals surface area contributed by atoms with Crippen LogP contribution in [0.4, 0.5) is 0 Å². The number of amides is 1. The highest BCUT2D eigenvalue weighted by Gasteiger charge is 2.26. The molecular weight excluding hydrogens is 302 g/mol. The minimum absolute atomic E-state index is 0.000449. The molecule has 1 fully saturated rings. The molecule has 1 atom stereocenters. The van der Waals surface area contributed by atoms with Crippen molar-refractivity contribution in [2.24, 2.45) is 5.92 Å². The molecule has 1 aromatic heterocycles. The zero-order chi connectivity index (χ0) is 16.4. The van der Waals surface area contributed by atoms with E-state index in [0.29, 0.717) is 13.2 Å². The van der Waals surface area contributed by atoms with Crippen molar-refractivity contribution in [3.63, 3.8) is 0 Å². The molecule has 2 aromatic rings. The van der Waals surface area contributed by atoms with Crippen molar-refractivity contribution in [3.05, 3.63) is 42.4 Å². The van der Waals surface area contributed by atoms with Crippen molar-refractivity contribution in [1.82, 2.24) is 14.9 Å². The van der Waals surface area contributed by atoms with Crippen LogP contribution in [0.3, 0.4) is 0 Å². The molecule has 126 valence electrons. The van der Waals surface area contributed by atoms with Crippen molar-refractivity contribution >= 4 is 5.91 Å². The van der Waals surface area contributed by atoms with Crippen molar-refractivity contribution in [2.45, 2.75) is 44.9 Å². The third-order valence-corrected chi connectivity index (χ3v) is 5.07. The second kappa shape index (κ2) is 6.77. The van der Waals surface area contributed by atoms with Crippen molar-refractivity contribution < 1.29 is 9.53 Å². The first-order chi connectivity index (χ1) is 11.8. The van der Waals surface area contributed by atoms with Crippen molar-refractivity contribution in [1.29, 1.82) is 0 Å². The van der Waals surface area contributed by atoms with Crippen LogP contribution < -0.4 is 5.32 Å². The lowest BCUT2D eigenvalue weighted by molar-refractivity contribution is -0.125. The van der Waals surface area contributed by atoms with E-state index < -0.39 is 0 Å². The molecule has 0 unspecified atom stereocenters. The van der Waals surface area contributed by atoms with Crippen LogP contribution in [0.25, 0.3) is 11.3 Å². The highest BCUT2D eigenvalue weighted by Crippen LogP contribution is 2.26. The van der Waals surface area contributed by atoms with E-state index >= 15 is 0 Å². The van der Waals surface area contributed by atoms with Crippen LogP contribution in [0.1, 0.15) is 31.5 Å². The SMILES string of the molecule is O=C(NC[C@H]1Cn2c(-c3ccccc3)cnc2CO1)C1CCCC1. The van der Waals surface area contributed by atoms with Crippen molar-refractivity contribution in [2.75, 3.05) is 6.54 Å². The summed E-state index contributed by atoms with van der Waals surface area (Å²) in [6, 6.07) is 10.3. The molecule has 1 N–H and O–H groups in total. The summed E-state index contributed by atoms with van der Waals surface area (Å²) in [7, 11) is 0. The highest BCUT2D eigenvalue weighted by molar-refractivity contribution is 5.78. The van der Waals surface area contributed by atoms with E-state index in [0.717, 1.165) is 36.5 Å². The van der Waals surface area contributed by atoms with Crippen LogP contribution in [0.15, 0.2) is 36.5 Å². The predicted molar refractivity (Wildman–Crippen MR) is 91.2 cm³/mol. The maximum atomic E-state index is 12.2. The van der Waals surface area contributed by atoms with Gasteiger partial charge in [0.05, 0.1) is 24.5 Å². The summed E-state index contributed by atoms with van der Waals surface area (Å²) in [5, 5.41) is 3.08. The fourth-order valence-electron chi connectivity index (χ4n) is 3.69. The standard InChI is InChI=1S/C19H23N3O2/c23-19(15-8-4-5-9-15)21-10-16-12-22-17(11-20-18(22)13-24-16)14-6-2-1-3-7-14/h1-3,6-7,11,15-16H,4-5,8-10,12-13H2,(H,21,23)/t16-/m0/s1. The summed E-state index contributed by atoms with van der Waals surface area (Å²) >= 11 is 0. The third-order valence-electron chi connectivity index (χ3n) is 5.07. The number of hydrogen-bond donors (Lipinski definition) is 1. The molecule has 1 aliphatic heterocycles. The number of nitrogens with one attached hydrogen (secondary N) is 1. The van der Waals surface area contributed by atoms with Crippen LogP contribution >= 0.6 is 0 Å². The van der Waals surface area contributed by atoms with Crippen LogP contribution in [0, 0.1) is 5.92 Å². The molecule has 2 aliphatic rings. The highest BCUT2D eigenvalue weighted by atomic mass is 16.5. The minimum Gasteiger partial charge on any atom is -0.367 e. The lowest BCUT2D eigenvalue weighted by Crippen LogP contribution is -2.40. The summed E-state index contributed by atoms with van der Waals surface area (Å²) in [5.41, 5.74) is 2.27. The third kappa shape index (κ3) is 3.08. The Morgan fingerprint density at radius 3 is 2.83 bits per heavy atom. The Morgan fingerprint density at radius 2 is 2.04 bits per heavy atom. The van der Waals surface area contributed by atoms with Crippen molar-refractivity contribution in [3.8, 4) is 11.3 Å². The van der Waals surface area contributed by atoms with Crippen LogP contribution in [-0.2, 0) is 22.7 Å². The molecule has 24 heavy (non-hydrogen) atoms. The van der Waals surface area contributed by atoms with E-state index in [1.54, 1.807) is 0 Å². The fourth-order valence-corrected chi connectivity index (χ4v) is 3.69. The molecule has 1 amide bonds. The smallest absolute Gasteiger partial charge is 0.223 e. The van der Waals surface area contributed by atoms with Gasteiger partial charge < -0.3 is 14.6 Å². The van der Waals surface area contributed by atoms with Gasteiger partial charge in [-0.1, -0.05) is 43.2 Å². The molecule has 0 radical (unpaired) electrons. The van der Waals surface area contributed by atoms with E-state index in [4.69, 9.17) is 4.74 Å². The van der Waals surface area contributed by atoms with Gasteiger partial charge in [-0.05, 0) is 18.4 Å². The number of benzene rings is 1. The fraction of sp³-hybridized carbons (Fsp3) is 0.474. The van der Waals surface area contributed by atoms with Gasteiger partial charge in [0.15, 0.2) is 0 Å². The molecule has 0 saturated heterocycles. The predicted octanol–water partition coefficient (Wildman–Crippen LogP) is 2.76. The molecule has 1 saturated carbocycles. The van der Waals surface area contributed by atoms with Gasteiger partial charge in [-0.3, -0.25) is 4.79 Å². The second-order valence-electron chi connectivity index (χ2n) is 6.70. The molecule has 1 aliphatic carbocycles. The molecule has 0 bridgehead atoms. The van der Waals surface area contributed by atoms with Crippen LogP contribution in [-0.4, -0.2) is 28.1 Å². The van der Waals surface area contributed by atoms with Gasteiger partial charge in [0.2, 0.25) is 5.91 Å². The first-order valence-corrected chi connectivity index (χ1v) is 8.80. The number of nitrogens with zero attached hydrogens (tertiary/aromatic N) is 2. The number of ether oxygens (including phenoxy) is 1. The van der Waals surface area contributed by atoms with Gasteiger partial charge in [0.25, 0.3) is 0 Å². The summed E-state index contributed by atoms with van der Waals surface area (Å²) < 4.78 is 8.08. The lowest BCUT2D eigenvalue weighted by Gasteiger charge is -2.26. The van der Waals surface area contributed by atoms with Gasteiger partial charge in [0.1, 0.15) is 12.4 Å². The molecule has 4 rings (SSSR count). The van der Waals surface area contributed by atoms with E-state index in [1.807, 2.05) is 24.4 Å². The average molecular weight is 325 g/mol. The Bertz CT molecular complexity index is 705. The molecular formula is C19H23N3O2. The Balaban J connectivity index is 1.42. The largest absolute Gasteiger partial charge is 0.367 e. The number of aromatic nitrogens is 2. The molecule has 5 nitrogen and oxygen atoms in total. The number of carbonyl (C=O) groups is 1. The summed E-state index contributed by atoms with van der Waals surface area (Å²) in [5.74, 6) is 1.35. The van der Waals surface area contributed by atoms with E-state index in [2.05, 4.69) is 27.0 Å². The van der Waals surface area contributed by atoms with E-state index in [9.17, 15) is 4.79 Å². The number of carbonyl (C=O) groups excluding carboxylic acids is 1. The Morgan fingerprint density at radius 1 is 1.25 bits per heavy atom. The summed E-state index contributed by atoms with van der Waals surface area (Å²) in [6.45, 7) is 1.79. The van der Waals surface area contributed by atoms with Crippen LogP contribution in [0.2, 0.25) is 0 Å². The Hall–Kier alpha value is -2.14. The minimum atomic E-state index is -0.000449. The van der Waals surface area contributed by atoms with Gasteiger partial charge in [-0.15, -0.1) is 0 Å². The monoisotopic (exact) mass is 325 g/mol. The number of rotatable bonds is 4. The second-order valence-corrected chi connectivity index (χ2v) is 6.70. The topological polar surface area (TPSA) is 56.2 Å². The molecule has 0 spiro atoms. The molecule has 1 aromatic carbocycles. The van der Waals surface area contributed by atoms with Gasteiger partial charge in [0, 0.05) is 12.5 Å². The zero-order valence-corrected chi connectivity index (χ0v) is 13.8. The number of hydrogen-bond acceptors (Lipinski definition) is 3. The quantitative estimate of drug-likeness (QED) is 0.940. The van der Waals surface area contributed by atoms with E-state index in [-0.39, 0.29) is 17.9 Å². The molecule has 2 heterocycles. The lowest BCUT2D eigenvalue weighted by atomic mass is 10.1. The molecule has 5 heteroatoms. The summed E-state index contributed by atoms with van der Waals surface area (Å²) in [6.07, 6.45) is 6.32. The van der Waals surface area contributed by atoms with E-state index in [1.165, 1.54) is 12.8 Å². The normalized spacial score (nSPS) is 20.8. The zero-order valence-electron chi connectivity index (χ0n) is 13.8. The number of imidazole rings is 1. The van der Waals surface area contributed by atoms with Gasteiger partial charge in [-0.2, -0.15) is 0 Å². The number of fused-ring (bicyclic) bond motifs is 1. The Kier molecular flexibility index (Phi) is 4.34. The van der Waals surface area contributed by atoms with Gasteiger partial charge in [-0.25, -0.2) is 4.98 Å². The Labute approximate surface area is 142 Å². The summed E-state index contributed by atoms with van der Waals surface area (Å²) in [4.78, 5) is 16.7. The van der Waals surface area contributed by atoms with Gasteiger partial charge >= 0.3 is 0 Å². The first kappa shape index (κ1) is 15.4.